The van der Waals surface area contributed by atoms with E-state index < -0.39 is 0 Å². The summed E-state index contributed by atoms with van der Waals surface area (Å²) in [5.41, 5.74) is 0. The minimum Gasteiger partial charge on any atom is -0.291 e. The Labute approximate surface area is 125 Å². The van der Waals surface area contributed by atoms with E-state index in [1.54, 1.807) is 0 Å². The van der Waals surface area contributed by atoms with Gasteiger partial charge in [0.25, 0.3) is 0 Å². The van der Waals surface area contributed by atoms with Crippen molar-refractivity contribution in [2.75, 3.05) is 11.5 Å². The lowest BCUT2D eigenvalue weighted by molar-refractivity contribution is 0.550. The Morgan fingerprint density at radius 2 is 1.16 bits per heavy atom. The summed E-state index contributed by atoms with van der Waals surface area (Å²) >= 11 is 1.99. The molecular formula is C17H33OS. The fourth-order valence-corrected chi connectivity index (χ4v) is 3.18. The van der Waals surface area contributed by atoms with Crippen LogP contribution >= 0.6 is 11.8 Å². The van der Waals surface area contributed by atoms with Gasteiger partial charge < -0.3 is 0 Å². The third kappa shape index (κ3) is 18.0. The Balaban J connectivity index is 2.89. The second-order valence-corrected chi connectivity index (χ2v) is 6.62. The quantitative estimate of drug-likeness (QED) is 0.327. The molecule has 0 amide bonds. The van der Waals surface area contributed by atoms with Crippen LogP contribution in [0.25, 0.3) is 0 Å². The monoisotopic (exact) mass is 285 g/mol. The Bertz CT molecular complexity index is 171. The van der Waals surface area contributed by atoms with Crippen molar-refractivity contribution in [3.8, 4) is 0 Å². The van der Waals surface area contributed by atoms with Crippen molar-refractivity contribution in [1.29, 1.82) is 0 Å². The SMILES string of the molecule is CCCCCCCCCCCCCSCCC[C]=O. The highest BCUT2D eigenvalue weighted by atomic mass is 32.2. The van der Waals surface area contributed by atoms with E-state index >= 15 is 0 Å². The van der Waals surface area contributed by atoms with Gasteiger partial charge in [-0.1, -0.05) is 71.1 Å². The molecule has 0 aromatic heterocycles. The van der Waals surface area contributed by atoms with E-state index in [1.807, 2.05) is 18.0 Å². The molecule has 0 saturated carbocycles. The molecule has 0 fully saturated rings. The van der Waals surface area contributed by atoms with Crippen molar-refractivity contribution in [1.82, 2.24) is 0 Å². The standard InChI is InChI=1S/C17H33OS/c1-2-3-4-5-6-7-8-9-10-11-13-16-19-17-14-12-15-18/h2-14,16-17H2,1H3. The highest BCUT2D eigenvalue weighted by Crippen LogP contribution is 2.13. The van der Waals surface area contributed by atoms with Gasteiger partial charge >= 0.3 is 0 Å². The van der Waals surface area contributed by atoms with Crippen LogP contribution in [0.5, 0.6) is 0 Å². The molecule has 0 aliphatic rings. The lowest BCUT2D eigenvalue weighted by atomic mass is 10.1. The third-order valence-corrected chi connectivity index (χ3v) is 4.61. The van der Waals surface area contributed by atoms with Crippen LogP contribution in [0.2, 0.25) is 0 Å². The Morgan fingerprint density at radius 1 is 0.684 bits per heavy atom. The molecule has 1 radical (unpaired) electrons. The largest absolute Gasteiger partial charge is 0.291 e. The zero-order valence-electron chi connectivity index (χ0n) is 12.9. The van der Waals surface area contributed by atoms with Gasteiger partial charge in [-0.15, -0.1) is 0 Å². The molecule has 1 nitrogen and oxygen atoms in total. The minimum absolute atomic E-state index is 0.616. The van der Waals surface area contributed by atoms with Crippen molar-refractivity contribution in [2.24, 2.45) is 0 Å². The lowest BCUT2D eigenvalue weighted by Gasteiger charge is -2.02. The molecule has 0 N–H and O–H groups in total. The highest BCUT2D eigenvalue weighted by Gasteiger charge is 1.94. The van der Waals surface area contributed by atoms with E-state index in [4.69, 9.17) is 0 Å². The predicted molar refractivity (Wildman–Crippen MR) is 88.7 cm³/mol. The molecule has 0 rings (SSSR count). The molecule has 0 spiro atoms. The summed E-state index contributed by atoms with van der Waals surface area (Å²) in [6.07, 6.45) is 19.2. The molecule has 19 heavy (non-hydrogen) atoms. The van der Waals surface area contributed by atoms with Crippen molar-refractivity contribution >= 4 is 18.0 Å². The first-order valence-electron chi connectivity index (χ1n) is 8.34. The summed E-state index contributed by atoms with van der Waals surface area (Å²) in [5.74, 6) is 2.41. The summed E-state index contributed by atoms with van der Waals surface area (Å²) in [6, 6.07) is 0. The summed E-state index contributed by atoms with van der Waals surface area (Å²) in [4.78, 5) is 10.0. The first kappa shape index (κ1) is 19.0. The zero-order chi connectivity index (χ0) is 14.0. The summed E-state index contributed by atoms with van der Waals surface area (Å²) < 4.78 is 0. The molecular weight excluding hydrogens is 252 g/mol. The van der Waals surface area contributed by atoms with Crippen LogP contribution in [0.4, 0.5) is 0 Å². The molecule has 0 saturated heterocycles. The van der Waals surface area contributed by atoms with Gasteiger partial charge in [0.2, 0.25) is 0 Å². The second-order valence-electron chi connectivity index (χ2n) is 5.40. The van der Waals surface area contributed by atoms with Crippen LogP contribution in [0.1, 0.15) is 90.4 Å². The van der Waals surface area contributed by atoms with Crippen molar-refractivity contribution in [3.63, 3.8) is 0 Å². The van der Waals surface area contributed by atoms with E-state index in [9.17, 15) is 4.79 Å². The van der Waals surface area contributed by atoms with Crippen LogP contribution in [0, 0.1) is 0 Å². The Hall–Kier alpha value is 0.0200. The van der Waals surface area contributed by atoms with Crippen LogP contribution in [-0.4, -0.2) is 17.8 Å². The lowest BCUT2D eigenvalue weighted by Crippen LogP contribution is -1.86. The molecule has 113 valence electrons. The number of unbranched alkanes of at least 4 members (excludes halogenated alkanes) is 11. The molecule has 0 bridgehead atoms. The molecule has 0 aromatic rings. The zero-order valence-corrected chi connectivity index (χ0v) is 13.7. The maximum absolute atomic E-state index is 10.0. The van der Waals surface area contributed by atoms with Gasteiger partial charge in [0.05, 0.1) is 0 Å². The number of carbonyl (C=O) groups excluding carboxylic acids is 1. The maximum Gasteiger partial charge on any atom is 0.198 e. The van der Waals surface area contributed by atoms with Gasteiger partial charge in [-0.05, 0) is 24.3 Å². The molecule has 0 unspecified atom stereocenters. The number of thioether (sulfide) groups is 1. The Kier molecular flexibility index (Phi) is 18.0. The molecule has 2 heteroatoms. The fraction of sp³-hybridized carbons (Fsp3) is 0.941. The van der Waals surface area contributed by atoms with Crippen LogP contribution < -0.4 is 0 Å². The summed E-state index contributed by atoms with van der Waals surface area (Å²) in [6.45, 7) is 2.28. The van der Waals surface area contributed by atoms with E-state index in [1.165, 1.54) is 76.4 Å². The minimum atomic E-state index is 0.616. The van der Waals surface area contributed by atoms with Gasteiger partial charge in [-0.2, -0.15) is 11.8 Å². The highest BCUT2D eigenvalue weighted by molar-refractivity contribution is 7.99. The van der Waals surface area contributed by atoms with Crippen LogP contribution in [0.3, 0.4) is 0 Å². The number of hydrogen-bond acceptors (Lipinski definition) is 2. The average molecular weight is 286 g/mol. The normalized spacial score (nSPS) is 10.8. The van der Waals surface area contributed by atoms with Gasteiger partial charge in [-0.25, -0.2) is 0 Å². The molecule has 0 aliphatic carbocycles. The van der Waals surface area contributed by atoms with Crippen LogP contribution in [0.15, 0.2) is 0 Å². The van der Waals surface area contributed by atoms with E-state index in [0.717, 1.165) is 12.2 Å². The van der Waals surface area contributed by atoms with Crippen molar-refractivity contribution < 1.29 is 4.79 Å². The van der Waals surface area contributed by atoms with Gasteiger partial charge in [0.15, 0.2) is 6.29 Å². The van der Waals surface area contributed by atoms with Gasteiger partial charge in [0, 0.05) is 6.42 Å². The Morgan fingerprint density at radius 3 is 1.68 bits per heavy atom. The third-order valence-electron chi connectivity index (χ3n) is 3.46. The van der Waals surface area contributed by atoms with E-state index in [0.29, 0.717) is 6.42 Å². The molecule has 0 aromatic carbocycles. The smallest absolute Gasteiger partial charge is 0.198 e. The topological polar surface area (TPSA) is 17.1 Å². The molecule has 0 heterocycles. The van der Waals surface area contributed by atoms with Crippen molar-refractivity contribution in [3.05, 3.63) is 0 Å². The maximum atomic E-state index is 10.0. The van der Waals surface area contributed by atoms with Gasteiger partial charge in [0.1, 0.15) is 0 Å². The number of rotatable bonds is 16. The molecule has 0 atom stereocenters. The fourth-order valence-electron chi connectivity index (χ4n) is 2.22. The predicted octanol–water partition coefficient (Wildman–Crippen LogP) is 5.92. The molecule has 0 aliphatic heterocycles. The van der Waals surface area contributed by atoms with Gasteiger partial charge in [-0.3, -0.25) is 4.79 Å². The second kappa shape index (κ2) is 18.0. The average Bonchev–Trinajstić information content (AvgIpc) is 2.43. The van der Waals surface area contributed by atoms with Crippen molar-refractivity contribution in [2.45, 2.75) is 90.4 Å². The van der Waals surface area contributed by atoms with E-state index in [-0.39, 0.29) is 0 Å². The first-order valence-corrected chi connectivity index (χ1v) is 9.50. The summed E-state index contributed by atoms with van der Waals surface area (Å²) in [5, 5.41) is 0. The number of hydrogen-bond donors (Lipinski definition) is 0. The van der Waals surface area contributed by atoms with E-state index in [2.05, 4.69) is 6.92 Å². The van der Waals surface area contributed by atoms with Crippen LogP contribution in [-0.2, 0) is 4.79 Å². The first-order chi connectivity index (χ1) is 9.41. The summed E-state index contributed by atoms with van der Waals surface area (Å²) in [7, 11) is 0.